The van der Waals surface area contributed by atoms with Gasteiger partial charge in [-0.15, -0.1) is 0 Å². The molecule has 0 aliphatic heterocycles. The molecule has 0 aromatic heterocycles. The Balaban J connectivity index is 2.07. The lowest BCUT2D eigenvalue weighted by molar-refractivity contribution is -0.114. The maximum atomic E-state index is 12.2. The molecule has 114 valence electrons. The van der Waals surface area contributed by atoms with Gasteiger partial charge >= 0.3 is 0 Å². The van der Waals surface area contributed by atoms with Crippen LogP contribution < -0.4 is 10.6 Å². The maximum Gasteiger partial charge on any atom is 0.251 e. The second-order valence-corrected chi connectivity index (χ2v) is 5.46. The highest BCUT2D eigenvalue weighted by molar-refractivity contribution is 6.30. The van der Waals surface area contributed by atoms with Crippen LogP contribution in [0.3, 0.4) is 0 Å². The quantitative estimate of drug-likeness (QED) is 0.906. The van der Waals surface area contributed by atoms with Crippen LogP contribution in [0.1, 0.15) is 28.4 Å². The van der Waals surface area contributed by atoms with Gasteiger partial charge in [-0.2, -0.15) is 0 Å². The Bertz CT molecular complexity index is 714. The zero-order valence-electron chi connectivity index (χ0n) is 12.4. The Kier molecular flexibility index (Phi) is 5.17. The van der Waals surface area contributed by atoms with E-state index in [1.54, 1.807) is 30.3 Å². The summed E-state index contributed by atoms with van der Waals surface area (Å²) in [5.74, 6) is -0.369. The van der Waals surface area contributed by atoms with E-state index in [1.807, 2.05) is 19.1 Å². The molecule has 2 amide bonds. The zero-order chi connectivity index (χ0) is 16.1. The first-order chi connectivity index (χ1) is 10.5. The fourth-order valence-corrected chi connectivity index (χ4v) is 2.23. The van der Waals surface area contributed by atoms with Gasteiger partial charge in [-0.25, -0.2) is 0 Å². The van der Waals surface area contributed by atoms with Crippen LogP contribution in [0.4, 0.5) is 5.69 Å². The first-order valence-corrected chi connectivity index (χ1v) is 7.24. The van der Waals surface area contributed by atoms with Crippen LogP contribution in [-0.4, -0.2) is 11.8 Å². The van der Waals surface area contributed by atoms with E-state index >= 15 is 0 Å². The third-order valence-corrected chi connectivity index (χ3v) is 3.39. The van der Waals surface area contributed by atoms with Gasteiger partial charge in [-0.05, 0) is 42.3 Å². The maximum absolute atomic E-state index is 12.2. The molecule has 0 bridgehead atoms. The molecule has 0 radical (unpaired) electrons. The predicted octanol–water partition coefficient (Wildman–Crippen LogP) is 3.54. The van der Waals surface area contributed by atoms with E-state index in [1.165, 1.54) is 6.92 Å². The molecule has 0 saturated carbocycles. The number of nitrogens with one attached hydrogen (secondary N) is 2. The molecule has 0 heterocycles. The Morgan fingerprint density at radius 1 is 1.14 bits per heavy atom. The highest BCUT2D eigenvalue weighted by atomic mass is 35.5. The number of hydrogen-bond donors (Lipinski definition) is 2. The standard InChI is InChI=1S/C17H17ClN2O2/c1-11-6-7-14(9-16(11)20-12(2)21)17(22)19-10-13-4-3-5-15(18)8-13/h3-9H,10H2,1-2H3,(H,19,22)(H,20,21). The van der Waals surface area contributed by atoms with E-state index < -0.39 is 0 Å². The minimum atomic E-state index is -0.202. The third-order valence-electron chi connectivity index (χ3n) is 3.15. The second-order valence-electron chi connectivity index (χ2n) is 5.02. The van der Waals surface area contributed by atoms with Crippen molar-refractivity contribution in [2.24, 2.45) is 0 Å². The van der Waals surface area contributed by atoms with Crippen molar-refractivity contribution in [1.29, 1.82) is 0 Å². The summed E-state index contributed by atoms with van der Waals surface area (Å²) in [4.78, 5) is 23.4. The summed E-state index contributed by atoms with van der Waals surface area (Å²) in [6.07, 6.45) is 0. The summed E-state index contributed by atoms with van der Waals surface area (Å²) < 4.78 is 0. The van der Waals surface area contributed by atoms with Crippen molar-refractivity contribution in [3.8, 4) is 0 Å². The van der Waals surface area contributed by atoms with Gasteiger partial charge in [0.05, 0.1) is 0 Å². The summed E-state index contributed by atoms with van der Waals surface area (Å²) in [6, 6.07) is 12.5. The van der Waals surface area contributed by atoms with Crippen molar-refractivity contribution in [1.82, 2.24) is 5.32 Å². The first-order valence-electron chi connectivity index (χ1n) is 6.86. The Morgan fingerprint density at radius 3 is 2.59 bits per heavy atom. The molecule has 22 heavy (non-hydrogen) atoms. The smallest absolute Gasteiger partial charge is 0.251 e. The van der Waals surface area contributed by atoms with E-state index in [-0.39, 0.29) is 11.8 Å². The fourth-order valence-electron chi connectivity index (χ4n) is 2.02. The van der Waals surface area contributed by atoms with Crippen LogP contribution >= 0.6 is 11.6 Å². The molecule has 2 rings (SSSR count). The molecular weight excluding hydrogens is 300 g/mol. The molecule has 0 saturated heterocycles. The number of amides is 2. The largest absolute Gasteiger partial charge is 0.348 e. The van der Waals surface area contributed by atoms with Gasteiger partial charge in [0.15, 0.2) is 0 Å². The van der Waals surface area contributed by atoms with Crippen LogP contribution in [-0.2, 0) is 11.3 Å². The predicted molar refractivity (Wildman–Crippen MR) is 88.1 cm³/mol. The highest BCUT2D eigenvalue weighted by Gasteiger charge is 2.09. The van der Waals surface area contributed by atoms with Crippen LogP contribution in [0.25, 0.3) is 0 Å². The van der Waals surface area contributed by atoms with Gasteiger partial charge in [0, 0.05) is 29.7 Å². The monoisotopic (exact) mass is 316 g/mol. The molecule has 0 spiro atoms. The number of carbonyl (C=O) groups is 2. The van der Waals surface area contributed by atoms with Crippen LogP contribution in [0.5, 0.6) is 0 Å². The molecule has 5 heteroatoms. The molecule has 0 fully saturated rings. The van der Waals surface area contributed by atoms with E-state index in [4.69, 9.17) is 11.6 Å². The second kappa shape index (κ2) is 7.09. The number of benzene rings is 2. The number of aryl methyl sites for hydroxylation is 1. The summed E-state index contributed by atoms with van der Waals surface area (Å²) in [5.41, 5.74) is 2.97. The average molecular weight is 317 g/mol. The summed E-state index contributed by atoms with van der Waals surface area (Å²) in [5, 5.41) is 6.18. The molecule has 0 aliphatic carbocycles. The van der Waals surface area contributed by atoms with Crippen molar-refractivity contribution in [3.63, 3.8) is 0 Å². The van der Waals surface area contributed by atoms with Gasteiger partial charge in [0.2, 0.25) is 5.91 Å². The van der Waals surface area contributed by atoms with E-state index in [0.717, 1.165) is 11.1 Å². The van der Waals surface area contributed by atoms with E-state index in [0.29, 0.717) is 22.8 Å². The summed E-state index contributed by atoms with van der Waals surface area (Å²) >= 11 is 5.91. The topological polar surface area (TPSA) is 58.2 Å². The normalized spacial score (nSPS) is 10.1. The molecule has 2 aromatic carbocycles. The lowest BCUT2D eigenvalue weighted by Gasteiger charge is -2.10. The minimum absolute atomic E-state index is 0.167. The number of hydrogen-bond acceptors (Lipinski definition) is 2. The molecule has 0 unspecified atom stereocenters. The molecule has 4 nitrogen and oxygen atoms in total. The number of anilines is 1. The van der Waals surface area contributed by atoms with Crippen LogP contribution in [0.2, 0.25) is 5.02 Å². The highest BCUT2D eigenvalue weighted by Crippen LogP contribution is 2.17. The van der Waals surface area contributed by atoms with Crippen molar-refractivity contribution < 1.29 is 9.59 Å². The fraction of sp³-hybridized carbons (Fsp3) is 0.176. The molecule has 2 N–H and O–H groups in total. The number of carbonyl (C=O) groups excluding carboxylic acids is 2. The van der Waals surface area contributed by atoms with Crippen molar-refractivity contribution in [2.75, 3.05) is 5.32 Å². The third kappa shape index (κ3) is 4.33. The number of halogens is 1. The molecule has 2 aromatic rings. The summed E-state index contributed by atoms with van der Waals surface area (Å²) in [6.45, 7) is 3.70. The van der Waals surface area contributed by atoms with Gasteiger partial charge in [-0.3, -0.25) is 9.59 Å². The average Bonchev–Trinajstić information content (AvgIpc) is 2.46. The SMILES string of the molecule is CC(=O)Nc1cc(C(=O)NCc2cccc(Cl)c2)ccc1C. The van der Waals surface area contributed by atoms with Crippen LogP contribution in [0, 0.1) is 6.92 Å². The van der Waals surface area contributed by atoms with Crippen LogP contribution in [0.15, 0.2) is 42.5 Å². The molecule has 0 atom stereocenters. The van der Waals surface area contributed by atoms with Gasteiger partial charge in [0.1, 0.15) is 0 Å². The molecule has 0 aliphatic rings. The van der Waals surface area contributed by atoms with Gasteiger partial charge in [-0.1, -0.05) is 29.8 Å². The van der Waals surface area contributed by atoms with Crippen molar-refractivity contribution in [3.05, 3.63) is 64.2 Å². The Labute approximate surface area is 134 Å². The minimum Gasteiger partial charge on any atom is -0.348 e. The first kappa shape index (κ1) is 16.0. The Morgan fingerprint density at radius 2 is 1.91 bits per heavy atom. The van der Waals surface area contributed by atoms with Crippen molar-refractivity contribution in [2.45, 2.75) is 20.4 Å². The van der Waals surface area contributed by atoms with E-state index in [9.17, 15) is 9.59 Å². The van der Waals surface area contributed by atoms with E-state index in [2.05, 4.69) is 10.6 Å². The van der Waals surface area contributed by atoms with Gasteiger partial charge in [0.25, 0.3) is 5.91 Å². The zero-order valence-corrected chi connectivity index (χ0v) is 13.2. The molecular formula is C17H17ClN2O2. The van der Waals surface area contributed by atoms with Gasteiger partial charge < -0.3 is 10.6 Å². The number of rotatable bonds is 4. The lowest BCUT2D eigenvalue weighted by Crippen LogP contribution is -2.23. The lowest BCUT2D eigenvalue weighted by atomic mass is 10.1. The summed E-state index contributed by atoms with van der Waals surface area (Å²) in [7, 11) is 0. The Hall–Kier alpha value is -2.33. The van der Waals surface area contributed by atoms with Crippen molar-refractivity contribution >= 4 is 29.1 Å².